The summed E-state index contributed by atoms with van der Waals surface area (Å²) < 4.78 is 0. The van der Waals surface area contributed by atoms with E-state index >= 15 is 0 Å². The van der Waals surface area contributed by atoms with E-state index in [0.29, 0.717) is 11.1 Å². The molecular formula is C21H23N3. The molecule has 0 fully saturated rings. The third-order valence-corrected chi connectivity index (χ3v) is 4.63. The second kappa shape index (κ2) is 7.20. The van der Waals surface area contributed by atoms with Crippen LogP contribution in [0.5, 0.6) is 0 Å². The third-order valence-electron chi connectivity index (χ3n) is 4.63. The Morgan fingerprint density at radius 1 is 0.958 bits per heavy atom. The molecule has 2 aromatic rings. The summed E-state index contributed by atoms with van der Waals surface area (Å²) in [6.45, 7) is 8.21. The van der Waals surface area contributed by atoms with Crippen LogP contribution < -0.4 is 5.32 Å². The minimum absolute atomic E-state index is 0.573. The van der Waals surface area contributed by atoms with Crippen LogP contribution in [0.3, 0.4) is 0 Å². The molecule has 0 aliphatic carbocycles. The number of aryl methyl sites for hydroxylation is 1. The van der Waals surface area contributed by atoms with Gasteiger partial charge in [0.25, 0.3) is 0 Å². The minimum atomic E-state index is 0.573. The Labute approximate surface area is 144 Å². The van der Waals surface area contributed by atoms with Gasteiger partial charge in [0, 0.05) is 12.7 Å². The fourth-order valence-electron chi connectivity index (χ4n) is 3.38. The molecule has 0 spiro atoms. The number of hydrogen-bond donors (Lipinski definition) is 1. The van der Waals surface area contributed by atoms with Gasteiger partial charge in [-0.3, -0.25) is 0 Å². The van der Waals surface area contributed by atoms with E-state index in [1.54, 1.807) is 6.07 Å². The topological polar surface area (TPSA) is 59.6 Å². The molecule has 0 bridgehead atoms. The molecule has 0 radical (unpaired) electrons. The number of hydrogen-bond acceptors (Lipinski definition) is 3. The highest BCUT2D eigenvalue weighted by atomic mass is 14.8. The largest absolute Gasteiger partial charge is 0.388 e. The Kier molecular flexibility index (Phi) is 5.27. The number of rotatable bonds is 4. The summed E-state index contributed by atoms with van der Waals surface area (Å²) in [6, 6.07) is 10.4. The zero-order chi connectivity index (χ0) is 17.9. The van der Waals surface area contributed by atoms with E-state index in [1.807, 2.05) is 20.9 Å². The van der Waals surface area contributed by atoms with E-state index < -0.39 is 0 Å². The lowest BCUT2D eigenvalue weighted by atomic mass is 9.83. The highest BCUT2D eigenvalue weighted by Gasteiger charge is 2.20. The van der Waals surface area contributed by atoms with Crippen LogP contribution in [0, 0.1) is 43.4 Å². The summed E-state index contributed by atoms with van der Waals surface area (Å²) in [5.74, 6) is 0. The van der Waals surface area contributed by atoms with E-state index in [-0.39, 0.29) is 0 Å². The lowest BCUT2D eigenvalue weighted by Crippen LogP contribution is -2.04. The van der Waals surface area contributed by atoms with E-state index in [4.69, 9.17) is 0 Å². The van der Waals surface area contributed by atoms with Crippen molar-refractivity contribution in [3.8, 4) is 23.3 Å². The van der Waals surface area contributed by atoms with Gasteiger partial charge < -0.3 is 5.32 Å². The summed E-state index contributed by atoms with van der Waals surface area (Å²) >= 11 is 0. The van der Waals surface area contributed by atoms with Gasteiger partial charge in [0.1, 0.15) is 0 Å². The Bertz CT molecular complexity index is 826. The Balaban J connectivity index is 2.97. The van der Waals surface area contributed by atoms with Crippen molar-refractivity contribution < 1.29 is 0 Å². The monoisotopic (exact) mass is 317 g/mol. The summed E-state index contributed by atoms with van der Waals surface area (Å²) in [5, 5.41) is 22.2. The molecule has 0 amide bonds. The second-order valence-electron chi connectivity index (χ2n) is 6.10. The molecule has 0 saturated heterocycles. The molecular weight excluding hydrogens is 294 g/mol. The molecule has 1 N–H and O–H groups in total. The van der Waals surface area contributed by atoms with E-state index in [0.717, 1.165) is 40.8 Å². The Morgan fingerprint density at radius 2 is 1.54 bits per heavy atom. The molecule has 0 saturated carbocycles. The van der Waals surface area contributed by atoms with Crippen LogP contribution in [0.2, 0.25) is 0 Å². The number of anilines is 1. The molecule has 0 atom stereocenters. The molecule has 2 rings (SSSR count). The van der Waals surface area contributed by atoms with Crippen LogP contribution in [0.1, 0.15) is 46.7 Å². The first-order valence-electron chi connectivity index (χ1n) is 8.25. The smallest absolute Gasteiger partial charge is 0.0995 e. The SMILES string of the molecule is CCCc1c(NC)ccc(C)c1-c1c(C)c(C#N)cc(C#N)c1C. The van der Waals surface area contributed by atoms with Crippen molar-refractivity contribution in [1.82, 2.24) is 0 Å². The molecule has 0 unspecified atom stereocenters. The van der Waals surface area contributed by atoms with Crippen LogP contribution in [0.15, 0.2) is 18.2 Å². The second-order valence-corrected chi connectivity index (χ2v) is 6.10. The maximum absolute atomic E-state index is 9.47. The van der Waals surface area contributed by atoms with Gasteiger partial charge in [-0.1, -0.05) is 19.4 Å². The number of nitriles is 2. The fraction of sp³-hybridized carbons (Fsp3) is 0.333. The van der Waals surface area contributed by atoms with Crippen molar-refractivity contribution in [2.75, 3.05) is 12.4 Å². The summed E-state index contributed by atoms with van der Waals surface area (Å²) in [7, 11) is 1.93. The van der Waals surface area contributed by atoms with Gasteiger partial charge in [-0.25, -0.2) is 0 Å². The zero-order valence-corrected chi connectivity index (χ0v) is 15.0. The third kappa shape index (κ3) is 2.86. The zero-order valence-electron chi connectivity index (χ0n) is 15.0. The lowest BCUT2D eigenvalue weighted by molar-refractivity contribution is 0.922. The Morgan fingerprint density at radius 3 is 2.00 bits per heavy atom. The highest BCUT2D eigenvalue weighted by molar-refractivity contribution is 5.83. The Hall–Kier alpha value is -2.78. The maximum Gasteiger partial charge on any atom is 0.0995 e. The van der Waals surface area contributed by atoms with E-state index in [2.05, 4.69) is 43.4 Å². The van der Waals surface area contributed by atoms with Crippen LogP contribution in [0.4, 0.5) is 5.69 Å². The van der Waals surface area contributed by atoms with Gasteiger partial charge in [0.05, 0.1) is 23.3 Å². The molecule has 0 aliphatic heterocycles. The summed E-state index contributed by atoms with van der Waals surface area (Å²) in [6.07, 6.45) is 1.98. The van der Waals surface area contributed by atoms with Gasteiger partial charge in [-0.05, 0) is 72.7 Å². The number of nitrogens with zero attached hydrogens (tertiary/aromatic N) is 2. The highest BCUT2D eigenvalue weighted by Crippen LogP contribution is 2.39. The number of benzene rings is 2. The molecule has 122 valence electrons. The summed E-state index contributed by atoms with van der Waals surface area (Å²) in [5.41, 5.74) is 8.76. The molecule has 3 nitrogen and oxygen atoms in total. The number of nitrogens with one attached hydrogen (secondary N) is 1. The first-order valence-corrected chi connectivity index (χ1v) is 8.25. The molecule has 0 heterocycles. The quantitative estimate of drug-likeness (QED) is 0.861. The molecule has 2 aromatic carbocycles. The first-order chi connectivity index (χ1) is 11.5. The van der Waals surface area contributed by atoms with Gasteiger partial charge >= 0.3 is 0 Å². The van der Waals surface area contributed by atoms with Crippen LogP contribution in [-0.4, -0.2) is 7.05 Å². The van der Waals surface area contributed by atoms with Crippen molar-refractivity contribution in [2.24, 2.45) is 0 Å². The normalized spacial score (nSPS) is 10.1. The van der Waals surface area contributed by atoms with Crippen molar-refractivity contribution in [1.29, 1.82) is 10.5 Å². The van der Waals surface area contributed by atoms with Gasteiger partial charge in [0.2, 0.25) is 0 Å². The molecule has 24 heavy (non-hydrogen) atoms. The molecule has 0 aliphatic rings. The van der Waals surface area contributed by atoms with E-state index in [1.165, 1.54) is 11.1 Å². The molecule has 0 aromatic heterocycles. The van der Waals surface area contributed by atoms with Crippen molar-refractivity contribution in [2.45, 2.75) is 40.5 Å². The van der Waals surface area contributed by atoms with Crippen molar-refractivity contribution >= 4 is 5.69 Å². The predicted molar refractivity (Wildman–Crippen MR) is 99.1 cm³/mol. The summed E-state index contributed by atoms with van der Waals surface area (Å²) in [4.78, 5) is 0. The van der Waals surface area contributed by atoms with Crippen molar-refractivity contribution in [3.05, 3.63) is 51.6 Å². The maximum atomic E-state index is 9.47. The standard InChI is InChI=1S/C21H23N3/c1-6-7-18-19(24-5)9-8-13(2)20(18)21-14(3)16(11-22)10-17(12-23)15(21)4/h8-10,24H,6-7H2,1-5H3. The first kappa shape index (κ1) is 17.6. The van der Waals surface area contributed by atoms with Gasteiger partial charge in [0.15, 0.2) is 0 Å². The van der Waals surface area contributed by atoms with Gasteiger partial charge in [-0.15, -0.1) is 0 Å². The van der Waals surface area contributed by atoms with E-state index in [9.17, 15) is 10.5 Å². The average Bonchev–Trinajstić information content (AvgIpc) is 2.58. The van der Waals surface area contributed by atoms with Crippen LogP contribution >= 0.6 is 0 Å². The lowest BCUT2D eigenvalue weighted by Gasteiger charge is -2.21. The fourth-order valence-corrected chi connectivity index (χ4v) is 3.38. The molecule has 3 heteroatoms. The van der Waals surface area contributed by atoms with Crippen molar-refractivity contribution in [3.63, 3.8) is 0 Å². The van der Waals surface area contributed by atoms with Crippen LogP contribution in [-0.2, 0) is 6.42 Å². The minimum Gasteiger partial charge on any atom is -0.388 e. The van der Waals surface area contributed by atoms with Gasteiger partial charge in [-0.2, -0.15) is 10.5 Å². The predicted octanol–water partition coefficient (Wildman–Crippen LogP) is 5.02. The average molecular weight is 317 g/mol. The van der Waals surface area contributed by atoms with Crippen LogP contribution in [0.25, 0.3) is 11.1 Å².